The Bertz CT molecular complexity index is 977. The summed E-state index contributed by atoms with van der Waals surface area (Å²) in [4.78, 5) is 17.2. The lowest BCUT2D eigenvalue weighted by atomic mass is 10.1. The first-order valence-corrected chi connectivity index (χ1v) is 10.1. The molecule has 4 rings (SSSR count). The Morgan fingerprint density at radius 2 is 2.00 bits per heavy atom. The molecule has 0 aliphatic carbocycles. The average Bonchev–Trinajstić information content (AvgIpc) is 3.27. The van der Waals surface area contributed by atoms with Crippen LogP contribution in [0.25, 0.3) is 17.3 Å². The van der Waals surface area contributed by atoms with Crippen molar-refractivity contribution in [2.24, 2.45) is 0 Å². The van der Waals surface area contributed by atoms with Gasteiger partial charge in [0.15, 0.2) is 6.29 Å². The molecule has 1 atom stereocenters. The molecular formula is C23H24N4O3. The molecule has 0 radical (unpaired) electrons. The highest BCUT2D eigenvalue weighted by Crippen LogP contribution is 2.16. The summed E-state index contributed by atoms with van der Waals surface area (Å²) in [5.74, 6) is -0.315. The number of rotatable bonds is 7. The number of aromatic nitrogens is 3. The summed E-state index contributed by atoms with van der Waals surface area (Å²) in [5.41, 5.74) is 6.32. The molecule has 2 aromatic carbocycles. The lowest BCUT2D eigenvalue weighted by Gasteiger charge is -2.21. The fourth-order valence-electron chi connectivity index (χ4n) is 3.17. The second kappa shape index (κ2) is 9.96. The van der Waals surface area contributed by atoms with E-state index in [4.69, 9.17) is 9.57 Å². The Labute approximate surface area is 175 Å². The van der Waals surface area contributed by atoms with E-state index in [1.807, 2.05) is 65.5 Å². The van der Waals surface area contributed by atoms with Crippen molar-refractivity contribution in [3.8, 4) is 11.3 Å². The molecule has 1 saturated heterocycles. The zero-order chi connectivity index (χ0) is 20.6. The van der Waals surface area contributed by atoms with Gasteiger partial charge in [-0.25, -0.2) is 15.0 Å². The van der Waals surface area contributed by atoms with Crippen LogP contribution in [0.15, 0.2) is 66.9 Å². The summed E-state index contributed by atoms with van der Waals surface area (Å²) in [6, 6.07) is 17.9. The topological polar surface area (TPSA) is 78.3 Å². The Hall–Kier alpha value is -3.29. The molecule has 2 heterocycles. The molecule has 1 aliphatic heterocycles. The van der Waals surface area contributed by atoms with Gasteiger partial charge in [0.25, 0.3) is 5.91 Å². The van der Waals surface area contributed by atoms with Crippen molar-refractivity contribution in [1.82, 2.24) is 20.5 Å². The van der Waals surface area contributed by atoms with Crippen LogP contribution in [-0.2, 0) is 20.9 Å². The predicted molar refractivity (Wildman–Crippen MR) is 113 cm³/mol. The van der Waals surface area contributed by atoms with Gasteiger partial charge < -0.3 is 4.74 Å². The summed E-state index contributed by atoms with van der Waals surface area (Å²) in [7, 11) is 0. The largest absolute Gasteiger partial charge is 0.350 e. The highest BCUT2D eigenvalue weighted by molar-refractivity contribution is 5.90. The van der Waals surface area contributed by atoms with Crippen LogP contribution in [0.3, 0.4) is 0 Å². The molecule has 1 aromatic heterocycles. The van der Waals surface area contributed by atoms with Gasteiger partial charge in [-0.15, -0.1) is 5.10 Å². The fourth-order valence-corrected chi connectivity index (χ4v) is 3.17. The van der Waals surface area contributed by atoms with E-state index in [-0.39, 0.29) is 12.2 Å². The lowest BCUT2D eigenvalue weighted by Crippen LogP contribution is -2.32. The van der Waals surface area contributed by atoms with E-state index in [1.54, 1.807) is 6.08 Å². The number of carbonyl (C=O) groups excluding carboxylic acids is 1. The maximum atomic E-state index is 11.9. The van der Waals surface area contributed by atoms with Crippen molar-refractivity contribution in [1.29, 1.82) is 0 Å². The molecule has 0 spiro atoms. The minimum absolute atomic E-state index is 0.315. The smallest absolute Gasteiger partial charge is 0.267 e. The summed E-state index contributed by atoms with van der Waals surface area (Å²) in [6.07, 6.45) is 7.65. The first-order chi connectivity index (χ1) is 14.8. The molecule has 1 fully saturated rings. The van der Waals surface area contributed by atoms with Gasteiger partial charge >= 0.3 is 0 Å². The third-order valence-corrected chi connectivity index (χ3v) is 4.79. The van der Waals surface area contributed by atoms with Crippen molar-refractivity contribution in [2.45, 2.75) is 32.1 Å². The Morgan fingerprint density at radius 3 is 2.77 bits per heavy atom. The monoisotopic (exact) mass is 404 g/mol. The van der Waals surface area contributed by atoms with Crippen molar-refractivity contribution in [3.63, 3.8) is 0 Å². The molecule has 7 nitrogen and oxygen atoms in total. The maximum absolute atomic E-state index is 11.9. The van der Waals surface area contributed by atoms with E-state index < -0.39 is 0 Å². The summed E-state index contributed by atoms with van der Waals surface area (Å²) < 4.78 is 7.22. The molecule has 0 saturated carbocycles. The molecule has 0 bridgehead atoms. The Kier molecular flexibility index (Phi) is 6.64. The maximum Gasteiger partial charge on any atom is 0.267 e. The van der Waals surface area contributed by atoms with Gasteiger partial charge in [-0.2, -0.15) is 0 Å². The minimum atomic E-state index is -0.352. The first-order valence-electron chi connectivity index (χ1n) is 10.1. The highest BCUT2D eigenvalue weighted by Gasteiger charge is 2.14. The normalized spacial score (nSPS) is 16.6. The third-order valence-electron chi connectivity index (χ3n) is 4.79. The van der Waals surface area contributed by atoms with Gasteiger partial charge in [-0.3, -0.25) is 4.79 Å². The minimum Gasteiger partial charge on any atom is -0.350 e. The quantitative estimate of drug-likeness (QED) is 0.481. The van der Waals surface area contributed by atoms with E-state index in [1.165, 1.54) is 6.08 Å². The Morgan fingerprint density at radius 1 is 1.17 bits per heavy atom. The van der Waals surface area contributed by atoms with Gasteiger partial charge in [0.05, 0.1) is 12.7 Å². The SMILES string of the molecule is O=C(/C=C/c1ccc(Cn2cc(-c3ccccc3)nn2)cc1)NOC1CCCCO1. The predicted octanol–water partition coefficient (Wildman–Crippen LogP) is 3.58. The van der Waals surface area contributed by atoms with Crippen LogP contribution in [0.4, 0.5) is 0 Å². The molecule has 1 N–H and O–H groups in total. The van der Waals surface area contributed by atoms with Gasteiger partial charge in [-0.05, 0) is 30.0 Å². The van der Waals surface area contributed by atoms with Crippen LogP contribution < -0.4 is 5.48 Å². The molecule has 1 aliphatic rings. The second-order valence-corrected chi connectivity index (χ2v) is 7.12. The standard InChI is InChI=1S/C23H24N4O3/c28-22(25-30-23-8-4-5-15-29-23)14-13-18-9-11-19(12-10-18)16-27-17-21(24-26-27)20-6-2-1-3-7-20/h1-3,6-7,9-14,17,23H,4-5,8,15-16H2,(H,25,28)/b14-13+. The molecule has 154 valence electrons. The number of amides is 1. The third kappa shape index (κ3) is 5.62. The molecule has 3 aromatic rings. The molecule has 7 heteroatoms. The molecule has 1 unspecified atom stereocenters. The zero-order valence-corrected chi connectivity index (χ0v) is 16.6. The molecule has 1 amide bonds. The molecule has 30 heavy (non-hydrogen) atoms. The van der Waals surface area contributed by atoms with Gasteiger partial charge in [0.2, 0.25) is 0 Å². The Balaban J connectivity index is 1.28. The summed E-state index contributed by atoms with van der Waals surface area (Å²) in [6.45, 7) is 1.30. The van der Waals surface area contributed by atoms with E-state index in [9.17, 15) is 4.79 Å². The van der Waals surface area contributed by atoms with E-state index in [0.29, 0.717) is 13.2 Å². The summed E-state index contributed by atoms with van der Waals surface area (Å²) in [5, 5.41) is 8.44. The van der Waals surface area contributed by atoms with Crippen LogP contribution in [0, 0.1) is 0 Å². The number of hydroxylamine groups is 1. The first kappa shape index (κ1) is 20.0. The summed E-state index contributed by atoms with van der Waals surface area (Å²) >= 11 is 0. The van der Waals surface area contributed by atoms with Crippen molar-refractivity contribution >= 4 is 12.0 Å². The van der Waals surface area contributed by atoms with Crippen LogP contribution in [-0.4, -0.2) is 33.8 Å². The van der Waals surface area contributed by atoms with E-state index >= 15 is 0 Å². The fraction of sp³-hybridized carbons (Fsp3) is 0.261. The van der Waals surface area contributed by atoms with Crippen molar-refractivity contribution in [2.75, 3.05) is 6.61 Å². The van der Waals surface area contributed by atoms with Gasteiger partial charge in [-0.1, -0.05) is 59.8 Å². The van der Waals surface area contributed by atoms with Crippen LogP contribution in [0.5, 0.6) is 0 Å². The number of hydrogen-bond donors (Lipinski definition) is 1. The highest BCUT2D eigenvalue weighted by atomic mass is 16.8. The van der Waals surface area contributed by atoms with Crippen molar-refractivity contribution in [3.05, 3.63) is 78.0 Å². The average molecular weight is 404 g/mol. The van der Waals surface area contributed by atoms with Crippen LogP contribution >= 0.6 is 0 Å². The number of benzene rings is 2. The number of nitrogens with zero attached hydrogens (tertiary/aromatic N) is 3. The van der Waals surface area contributed by atoms with Gasteiger partial charge in [0, 0.05) is 24.7 Å². The van der Waals surface area contributed by atoms with E-state index in [2.05, 4.69) is 15.8 Å². The van der Waals surface area contributed by atoms with Crippen LogP contribution in [0.2, 0.25) is 0 Å². The molecular weight excluding hydrogens is 380 g/mol. The van der Waals surface area contributed by atoms with Gasteiger partial charge in [0.1, 0.15) is 5.69 Å². The second-order valence-electron chi connectivity index (χ2n) is 7.12. The number of carbonyl (C=O) groups is 1. The van der Waals surface area contributed by atoms with E-state index in [0.717, 1.165) is 41.6 Å². The lowest BCUT2D eigenvalue weighted by molar-refractivity contribution is -0.198. The number of hydrogen-bond acceptors (Lipinski definition) is 5. The number of nitrogens with one attached hydrogen (secondary N) is 1. The number of ether oxygens (including phenoxy) is 1. The van der Waals surface area contributed by atoms with Crippen molar-refractivity contribution < 1.29 is 14.4 Å². The van der Waals surface area contributed by atoms with Crippen LogP contribution in [0.1, 0.15) is 30.4 Å². The zero-order valence-electron chi connectivity index (χ0n) is 16.6.